The van der Waals surface area contributed by atoms with Gasteiger partial charge in [0.1, 0.15) is 0 Å². The molecule has 0 aliphatic heterocycles. The van der Waals surface area contributed by atoms with Crippen LogP contribution in [0.4, 0.5) is 0 Å². The Kier molecular flexibility index (Phi) is 6.14. The Hall–Kier alpha value is -4.11. The van der Waals surface area contributed by atoms with Gasteiger partial charge in [-0.1, -0.05) is 24.3 Å². The number of allylic oxidation sites excluding steroid dienone is 1. The van der Waals surface area contributed by atoms with Crippen molar-refractivity contribution in [2.45, 2.75) is 40.3 Å². The van der Waals surface area contributed by atoms with Gasteiger partial charge in [-0.25, -0.2) is 9.78 Å². The number of imidazole rings is 1. The summed E-state index contributed by atoms with van der Waals surface area (Å²) in [4.78, 5) is 17.1. The highest BCUT2D eigenvalue weighted by molar-refractivity contribution is 5.93. The summed E-state index contributed by atoms with van der Waals surface area (Å²) in [6.07, 6.45) is 3.46. The van der Waals surface area contributed by atoms with E-state index in [1.54, 1.807) is 12.4 Å². The zero-order valence-corrected chi connectivity index (χ0v) is 19.2. The normalized spacial score (nSPS) is 11.7. The summed E-state index contributed by atoms with van der Waals surface area (Å²) >= 11 is 0. The Labute approximate surface area is 193 Å². The number of hydrogen-bond acceptors (Lipinski definition) is 4. The van der Waals surface area contributed by atoms with Crippen LogP contribution in [0.2, 0.25) is 0 Å². The maximum absolute atomic E-state index is 12.7. The molecule has 2 heterocycles. The molecule has 166 valence electrons. The number of esters is 1. The predicted molar refractivity (Wildman–Crippen MR) is 129 cm³/mol. The number of rotatable bonds is 6. The molecule has 4 aromatic rings. The summed E-state index contributed by atoms with van der Waals surface area (Å²) < 4.78 is 9.45. The van der Waals surface area contributed by atoms with Gasteiger partial charge in [-0.05, 0) is 69.7 Å². The van der Waals surface area contributed by atoms with Gasteiger partial charge in [-0.2, -0.15) is 5.26 Å². The summed E-state index contributed by atoms with van der Waals surface area (Å²) in [7, 11) is 0. The van der Waals surface area contributed by atoms with Crippen molar-refractivity contribution < 1.29 is 9.53 Å². The molecule has 0 amide bonds. The second kappa shape index (κ2) is 9.17. The van der Waals surface area contributed by atoms with Crippen LogP contribution in [0, 0.1) is 25.2 Å². The van der Waals surface area contributed by atoms with E-state index in [2.05, 4.69) is 11.1 Å². The molecule has 0 fully saturated rings. The van der Waals surface area contributed by atoms with Gasteiger partial charge in [0.25, 0.3) is 0 Å². The molecule has 0 N–H and O–H groups in total. The highest BCUT2D eigenvalue weighted by Crippen LogP contribution is 2.26. The smallest absolute Gasteiger partial charge is 0.340 e. The van der Waals surface area contributed by atoms with Crippen molar-refractivity contribution in [3.63, 3.8) is 0 Å². The van der Waals surface area contributed by atoms with E-state index in [9.17, 15) is 10.1 Å². The van der Waals surface area contributed by atoms with Gasteiger partial charge in [0, 0.05) is 17.0 Å². The minimum Gasteiger partial charge on any atom is -0.459 e. The van der Waals surface area contributed by atoms with Crippen LogP contribution in [0.15, 0.2) is 66.5 Å². The van der Waals surface area contributed by atoms with E-state index in [1.165, 1.54) is 0 Å². The molecule has 33 heavy (non-hydrogen) atoms. The van der Waals surface area contributed by atoms with Crippen LogP contribution in [-0.2, 0) is 11.3 Å². The molecule has 2 aromatic heterocycles. The van der Waals surface area contributed by atoms with Gasteiger partial charge < -0.3 is 13.9 Å². The quantitative estimate of drug-likeness (QED) is 0.289. The van der Waals surface area contributed by atoms with E-state index in [0.29, 0.717) is 17.7 Å². The molecule has 0 unspecified atom stereocenters. The zero-order chi connectivity index (χ0) is 23.5. The Morgan fingerprint density at radius 2 is 1.88 bits per heavy atom. The standard InChI is InChI=1S/C27H26N4O2/c1-18(2)33-27(32)23-9-5-7-11-25(23)31-19(3)13-22(20(31)4)14-21(15-28)16-30-17-29-24-10-6-8-12-26(24)30/h5-14,17-18H,16H2,1-4H3/b21-14-. The molecule has 0 radical (unpaired) electrons. The second-order valence-electron chi connectivity index (χ2n) is 8.28. The summed E-state index contributed by atoms with van der Waals surface area (Å²) in [6, 6.07) is 19.6. The molecular weight excluding hydrogens is 412 g/mol. The summed E-state index contributed by atoms with van der Waals surface area (Å²) in [5, 5.41) is 9.82. The maximum Gasteiger partial charge on any atom is 0.340 e. The molecule has 4 rings (SSSR count). The number of aryl methyl sites for hydroxylation is 1. The molecular formula is C27H26N4O2. The minimum absolute atomic E-state index is 0.201. The number of carbonyl (C=O) groups excluding carboxylic acids is 1. The molecule has 0 bridgehead atoms. The third-order valence-corrected chi connectivity index (χ3v) is 5.52. The van der Waals surface area contributed by atoms with E-state index >= 15 is 0 Å². The van der Waals surface area contributed by atoms with Gasteiger partial charge in [0.2, 0.25) is 0 Å². The minimum atomic E-state index is -0.352. The molecule has 0 saturated heterocycles. The fourth-order valence-electron chi connectivity index (χ4n) is 4.04. The fraction of sp³-hybridized carbons (Fsp3) is 0.222. The largest absolute Gasteiger partial charge is 0.459 e. The van der Waals surface area contributed by atoms with E-state index < -0.39 is 0 Å². The van der Waals surface area contributed by atoms with Crippen molar-refractivity contribution in [1.29, 1.82) is 5.26 Å². The first kappa shape index (κ1) is 22.1. The molecule has 0 aliphatic rings. The molecule has 0 atom stereocenters. The van der Waals surface area contributed by atoms with Gasteiger partial charge in [0.15, 0.2) is 0 Å². The molecule has 2 aromatic carbocycles. The fourth-order valence-corrected chi connectivity index (χ4v) is 4.04. The number of hydrogen-bond donors (Lipinski definition) is 0. The van der Waals surface area contributed by atoms with Crippen LogP contribution in [0.25, 0.3) is 22.8 Å². The van der Waals surface area contributed by atoms with Crippen LogP contribution in [0.3, 0.4) is 0 Å². The van der Waals surface area contributed by atoms with Crippen LogP contribution in [-0.4, -0.2) is 26.2 Å². The topological polar surface area (TPSA) is 72.8 Å². The average molecular weight is 439 g/mol. The monoisotopic (exact) mass is 438 g/mol. The van der Waals surface area contributed by atoms with Crippen molar-refractivity contribution in [2.75, 3.05) is 0 Å². The Bertz CT molecular complexity index is 1400. The van der Waals surface area contributed by atoms with Gasteiger partial charge >= 0.3 is 5.97 Å². The zero-order valence-electron chi connectivity index (χ0n) is 19.2. The van der Waals surface area contributed by atoms with Crippen LogP contribution < -0.4 is 0 Å². The first-order valence-electron chi connectivity index (χ1n) is 10.9. The Morgan fingerprint density at radius 1 is 1.15 bits per heavy atom. The highest BCUT2D eigenvalue weighted by Gasteiger charge is 2.18. The molecule has 6 nitrogen and oxygen atoms in total. The maximum atomic E-state index is 12.7. The van der Waals surface area contributed by atoms with Crippen molar-refractivity contribution in [1.82, 2.24) is 14.1 Å². The number of ether oxygens (including phenoxy) is 1. The third kappa shape index (κ3) is 4.44. The molecule has 0 aliphatic carbocycles. The number of carbonyl (C=O) groups is 1. The lowest BCUT2D eigenvalue weighted by atomic mass is 10.1. The van der Waals surface area contributed by atoms with Gasteiger partial charge in [-0.3, -0.25) is 0 Å². The third-order valence-electron chi connectivity index (χ3n) is 5.52. The van der Waals surface area contributed by atoms with Crippen LogP contribution in [0.1, 0.15) is 41.2 Å². The summed E-state index contributed by atoms with van der Waals surface area (Å²) in [6.45, 7) is 8.08. The highest BCUT2D eigenvalue weighted by atomic mass is 16.5. The summed E-state index contributed by atoms with van der Waals surface area (Å²) in [5.74, 6) is -0.352. The number of para-hydroxylation sites is 3. The molecule has 0 saturated carbocycles. The number of aromatic nitrogens is 3. The second-order valence-corrected chi connectivity index (χ2v) is 8.28. The first-order chi connectivity index (χ1) is 15.9. The first-order valence-corrected chi connectivity index (χ1v) is 10.9. The Morgan fingerprint density at radius 3 is 2.64 bits per heavy atom. The van der Waals surface area contributed by atoms with E-state index in [-0.39, 0.29) is 12.1 Å². The number of nitrogens with zero attached hydrogens (tertiary/aromatic N) is 4. The SMILES string of the molecule is Cc1cc(/C=C(/C#N)Cn2cnc3ccccc32)c(C)n1-c1ccccc1C(=O)OC(C)C. The number of nitriles is 1. The number of fused-ring (bicyclic) bond motifs is 1. The van der Waals surface area contributed by atoms with Crippen LogP contribution >= 0.6 is 0 Å². The van der Waals surface area contributed by atoms with Crippen molar-refractivity contribution in [3.05, 3.63) is 89.0 Å². The lowest BCUT2D eigenvalue weighted by Crippen LogP contribution is -2.15. The molecule has 0 spiro atoms. The predicted octanol–water partition coefficient (Wildman–Crippen LogP) is 5.62. The van der Waals surface area contributed by atoms with E-state index in [0.717, 1.165) is 33.7 Å². The van der Waals surface area contributed by atoms with E-state index in [4.69, 9.17) is 4.74 Å². The lowest BCUT2D eigenvalue weighted by molar-refractivity contribution is 0.0378. The van der Waals surface area contributed by atoms with Gasteiger partial charge in [0.05, 0.1) is 47.3 Å². The van der Waals surface area contributed by atoms with Crippen molar-refractivity contribution >= 4 is 23.1 Å². The van der Waals surface area contributed by atoms with Crippen LogP contribution in [0.5, 0.6) is 0 Å². The summed E-state index contributed by atoms with van der Waals surface area (Å²) in [5.41, 5.74) is 6.62. The number of benzene rings is 2. The Balaban J connectivity index is 1.72. The van der Waals surface area contributed by atoms with Gasteiger partial charge in [-0.15, -0.1) is 0 Å². The average Bonchev–Trinajstić information content (AvgIpc) is 3.32. The van der Waals surface area contributed by atoms with Crippen molar-refractivity contribution in [2.24, 2.45) is 0 Å². The van der Waals surface area contributed by atoms with Crippen molar-refractivity contribution in [3.8, 4) is 11.8 Å². The van der Waals surface area contributed by atoms with E-state index in [1.807, 2.05) is 91.4 Å². The lowest BCUT2D eigenvalue weighted by Gasteiger charge is -2.15. The molecule has 6 heteroatoms.